The number of carbonyl (C=O) groups excluding carboxylic acids is 1. The zero-order valence-electron chi connectivity index (χ0n) is 14.4. The Morgan fingerprint density at radius 3 is 2.72 bits per heavy atom. The molecule has 0 aliphatic carbocycles. The largest absolute Gasteiger partial charge is 0.306 e. The number of benzene rings is 1. The summed E-state index contributed by atoms with van der Waals surface area (Å²) < 4.78 is 13.2. The monoisotopic (exact) mass is 338 g/mol. The number of hydrogen-bond donors (Lipinski definition) is 0. The zero-order chi connectivity index (χ0) is 18.1. The molecular weight excluding hydrogens is 315 g/mol. The van der Waals surface area contributed by atoms with Crippen molar-refractivity contribution in [3.63, 3.8) is 0 Å². The first-order valence-corrected chi connectivity index (χ1v) is 8.38. The van der Waals surface area contributed by atoms with Gasteiger partial charge in [0.05, 0.1) is 0 Å². The fraction of sp³-hybridized carbons (Fsp3) is 0.238. The van der Waals surface area contributed by atoms with E-state index in [4.69, 9.17) is 0 Å². The average molecular weight is 338 g/mol. The van der Waals surface area contributed by atoms with Crippen LogP contribution in [0, 0.1) is 5.82 Å². The highest BCUT2D eigenvalue weighted by molar-refractivity contribution is 6.02. The fourth-order valence-corrected chi connectivity index (χ4v) is 2.71. The van der Waals surface area contributed by atoms with Crippen LogP contribution in [-0.4, -0.2) is 16.9 Å². The summed E-state index contributed by atoms with van der Waals surface area (Å²) in [6, 6.07) is 9.97. The van der Waals surface area contributed by atoms with Gasteiger partial charge in [-0.2, -0.15) is 0 Å². The van der Waals surface area contributed by atoms with Crippen molar-refractivity contribution in [2.45, 2.75) is 32.2 Å². The van der Waals surface area contributed by atoms with E-state index in [9.17, 15) is 9.18 Å². The molecule has 0 aliphatic heterocycles. The molecule has 3 nitrogen and oxygen atoms in total. The van der Waals surface area contributed by atoms with Crippen molar-refractivity contribution in [2.75, 3.05) is 4.90 Å². The zero-order valence-corrected chi connectivity index (χ0v) is 14.4. The molecule has 0 spiro atoms. The van der Waals surface area contributed by atoms with Gasteiger partial charge in [0.15, 0.2) is 0 Å². The van der Waals surface area contributed by atoms with Crippen LogP contribution >= 0.6 is 0 Å². The van der Waals surface area contributed by atoms with Crippen molar-refractivity contribution < 1.29 is 9.18 Å². The van der Waals surface area contributed by atoms with Crippen molar-refractivity contribution in [1.29, 1.82) is 0 Å². The normalized spacial score (nSPS) is 12.1. The standard InChI is InChI=1S/C21H23FN2O/c1-3-4-10-21(25)24(20-13-11-19(22)12-14-20)17(2)7-5-8-18-9-6-15-23-16-18/h3-4,6,9-17H,1,5,7-8H2,2H3. The Balaban J connectivity index is 2.07. The second kappa shape index (κ2) is 9.52. The predicted octanol–water partition coefficient (Wildman–Crippen LogP) is 4.71. The lowest BCUT2D eigenvalue weighted by molar-refractivity contribution is -0.114. The Kier molecular flexibility index (Phi) is 7.08. The van der Waals surface area contributed by atoms with Crippen LogP contribution < -0.4 is 4.90 Å². The van der Waals surface area contributed by atoms with E-state index in [1.807, 2.05) is 25.3 Å². The average Bonchev–Trinajstić information content (AvgIpc) is 2.63. The predicted molar refractivity (Wildman–Crippen MR) is 99.9 cm³/mol. The maximum absolute atomic E-state index is 13.2. The molecule has 4 heteroatoms. The molecule has 0 fully saturated rings. The maximum atomic E-state index is 13.2. The van der Waals surface area contributed by atoms with E-state index in [1.165, 1.54) is 23.8 Å². The van der Waals surface area contributed by atoms with Gasteiger partial charge < -0.3 is 4.90 Å². The fourth-order valence-electron chi connectivity index (χ4n) is 2.71. The molecule has 1 heterocycles. The Bertz CT molecular complexity index is 710. The van der Waals surface area contributed by atoms with Crippen LogP contribution in [0.15, 0.2) is 73.6 Å². The summed E-state index contributed by atoms with van der Waals surface area (Å²) in [6.45, 7) is 5.60. The molecule has 1 amide bonds. The number of allylic oxidation sites excluding steroid dienone is 2. The summed E-state index contributed by atoms with van der Waals surface area (Å²) in [6.07, 6.45) is 10.9. The van der Waals surface area contributed by atoms with E-state index in [1.54, 1.807) is 35.4 Å². The molecule has 0 N–H and O–H groups in total. The van der Waals surface area contributed by atoms with Gasteiger partial charge in [0.1, 0.15) is 5.82 Å². The molecule has 1 aromatic carbocycles. The molecule has 0 aliphatic rings. The topological polar surface area (TPSA) is 33.2 Å². The molecule has 0 saturated carbocycles. The van der Waals surface area contributed by atoms with Gasteiger partial charge in [-0.15, -0.1) is 0 Å². The highest BCUT2D eigenvalue weighted by Gasteiger charge is 2.20. The number of pyridine rings is 1. The van der Waals surface area contributed by atoms with Gasteiger partial charge in [-0.1, -0.05) is 24.8 Å². The number of rotatable bonds is 8. The van der Waals surface area contributed by atoms with Gasteiger partial charge >= 0.3 is 0 Å². The SMILES string of the molecule is C=CC=CC(=O)N(c1ccc(F)cc1)C(C)CCCc1cccnc1. The van der Waals surface area contributed by atoms with Crippen LogP contribution in [0.2, 0.25) is 0 Å². The molecule has 2 aromatic rings. The van der Waals surface area contributed by atoms with E-state index < -0.39 is 0 Å². The van der Waals surface area contributed by atoms with Gasteiger partial charge in [0, 0.05) is 30.2 Å². The van der Waals surface area contributed by atoms with Gasteiger partial charge in [-0.05, 0) is 62.1 Å². The molecule has 1 unspecified atom stereocenters. The van der Waals surface area contributed by atoms with E-state index >= 15 is 0 Å². The lowest BCUT2D eigenvalue weighted by Gasteiger charge is -2.28. The van der Waals surface area contributed by atoms with Gasteiger partial charge in [0.25, 0.3) is 5.91 Å². The summed E-state index contributed by atoms with van der Waals surface area (Å²) in [5.74, 6) is -0.456. The number of hydrogen-bond acceptors (Lipinski definition) is 2. The van der Waals surface area contributed by atoms with Crippen molar-refractivity contribution >= 4 is 11.6 Å². The quantitative estimate of drug-likeness (QED) is 0.516. The third-order valence-corrected chi connectivity index (χ3v) is 3.97. The summed E-state index contributed by atoms with van der Waals surface area (Å²) in [5.41, 5.74) is 1.87. The third-order valence-electron chi connectivity index (χ3n) is 3.97. The minimum atomic E-state index is -0.318. The molecule has 1 atom stereocenters. The minimum absolute atomic E-state index is 0.0101. The van der Waals surface area contributed by atoms with Crippen LogP contribution in [0.4, 0.5) is 10.1 Å². The molecular formula is C21H23FN2O. The van der Waals surface area contributed by atoms with E-state index in [0.29, 0.717) is 5.69 Å². The highest BCUT2D eigenvalue weighted by atomic mass is 19.1. The summed E-state index contributed by atoms with van der Waals surface area (Å²) in [7, 11) is 0. The third kappa shape index (κ3) is 5.68. The molecule has 2 rings (SSSR count). The Morgan fingerprint density at radius 1 is 1.32 bits per heavy atom. The molecule has 130 valence electrons. The minimum Gasteiger partial charge on any atom is -0.306 e. The summed E-state index contributed by atoms with van der Waals surface area (Å²) in [4.78, 5) is 18.4. The lowest BCUT2D eigenvalue weighted by Crippen LogP contribution is -2.37. The van der Waals surface area contributed by atoms with Crippen molar-refractivity contribution in [3.8, 4) is 0 Å². The van der Waals surface area contributed by atoms with E-state index in [-0.39, 0.29) is 17.8 Å². The molecule has 0 bridgehead atoms. The Morgan fingerprint density at radius 2 is 2.08 bits per heavy atom. The first-order valence-electron chi connectivity index (χ1n) is 8.38. The molecule has 0 radical (unpaired) electrons. The van der Waals surface area contributed by atoms with Gasteiger partial charge in [-0.3, -0.25) is 9.78 Å². The van der Waals surface area contributed by atoms with Gasteiger partial charge in [0.2, 0.25) is 0 Å². The maximum Gasteiger partial charge on any atom is 0.251 e. The molecule has 25 heavy (non-hydrogen) atoms. The van der Waals surface area contributed by atoms with Crippen LogP contribution in [0.3, 0.4) is 0 Å². The number of halogens is 1. The number of nitrogens with zero attached hydrogens (tertiary/aromatic N) is 2. The molecule has 0 saturated heterocycles. The number of aromatic nitrogens is 1. The summed E-state index contributed by atoms with van der Waals surface area (Å²) in [5, 5.41) is 0. The van der Waals surface area contributed by atoms with Crippen molar-refractivity contribution in [3.05, 3.63) is 85.0 Å². The van der Waals surface area contributed by atoms with Crippen molar-refractivity contribution in [2.24, 2.45) is 0 Å². The van der Waals surface area contributed by atoms with Gasteiger partial charge in [-0.25, -0.2) is 4.39 Å². The number of aryl methyl sites for hydroxylation is 1. The van der Waals surface area contributed by atoms with Crippen molar-refractivity contribution in [1.82, 2.24) is 4.98 Å². The lowest BCUT2D eigenvalue weighted by atomic mass is 10.0. The Hall–Kier alpha value is -2.75. The molecule has 1 aromatic heterocycles. The number of amides is 1. The highest BCUT2D eigenvalue weighted by Crippen LogP contribution is 2.21. The van der Waals surface area contributed by atoms with Crippen LogP contribution in [0.5, 0.6) is 0 Å². The van der Waals surface area contributed by atoms with Crippen LogP contribution in [-0.2, 0) is 11.2 Å². The van der Waals surface area contributed by atoms with Crippen LogP contribution in [0.1, 0.15) is 25.3 Å². The van der Waals surface area contributed by atoms with E-state index in [0.717, 1.165) is 19.3 Å². The number of anilines is 1. The second-order valence-electron chi connectivity index (χ2n) is 5.88. The first-order chi connectivity index (χ1) is 12.1. The van der Waals surface area contributed by atoms with E-state index in [2.05, 4.69) is 11.6 Å². The number of carbonyl (C=O) groups is 1. The first kappa shape index (κ1) is 18.6. The van der Waals surface area contributed by atoms with Crippen LogP contribution in [0.25, 0.3) is 0 Å². The summed E-state index contributed by atoms with van der Waals surface area (Å²) >= 11 is 0. The Labute approximate surface area is 148 Å². The second-order valence-corrected chi connectivity index (χ2v) is 5.88. The smallest absolute Gasteiger partial charge is 0.251 e.